The molecule has 0 radical (unpaired) electrons. The topological polar surface area (TPSA) is 137 Å². The Labute approximate surface area is 155 Å². The van der Waals surface area contributed by atoms with Crippen molar-refractivity contribution in [1.82, 2.24) is 15.6 Å². The number of carboxylic acid groups (broad SMARTS) is 1. The molecule has 6 N–H and O–H groups in total. The number of aromatic nitrogens is 1. The number of aromatic amines is 1. The summed E-state index contributed by atoms with van der Waals surface area (Å²) < 4.78 is 0. The standard InChI is InChI=1S/C17H22N4O4S/c1-9(17(24)25)20-16(23)14(8-26)21-15(22)12(18)6-10-7-19-13-5-3-2-4-11(10)13/h2-5,7,9,12,14,19,26H,6,8,18H2,1H3,(H,20,23)(H,21,22)(H,24,25). The third-order valence-corrected chi connectivity index (χ3v) is 4.36. The molecule has 0 bridgehead atoms. The Bertz CT molecular complexity index is 807. The van der Waals surface area contributed by atoms with Crippen LogP contribution in [0.25, 0.3) is 10.9 Å². The molecule has 1 aromatic heterocycles. The van der Waals surface area contributed by atoms with Crippen LogP contribution in [0.15, 0.2) is 30.5 Å². The Morgan fingerprint density at radius 3 is 2.58 bits per heavy atom. The quantitative estimate of drug-likeness (QED) is 0.360. The highest BCUT2D eigenvalue weighted by Crippen LogP contribution is 2.18. The molecule has 8 nitrogen and oxygen atoms in total. The van der Waals surface area contributed by atoms with Gasteiger partial charge >= 0.3 is 5.97 Å². The molecule has 1 aromatic carbocycles. The first-order chi connectivity index (χ1) is 12.3. The fraction of sp³-hybridized carbons (Fsp3) is 0.353. The summed E-state index contributed by atoms with van der Waals surface area (Å²) in [5, 5.41) is 14.6. The average Bonchev–Trinajstić information content (AvgIpc) is 3.02. The van der Waals surface area contributed by atoms with Crippen LogP contribution in [-0.2, 0) is 20.8 Å². The Morgan fingerprint density at radius 2 is 1.92 bits per heavy atom. The maximum atomic E-state index is 12.3. The van der Waals surface area contributed by atoms with E-state index in [-0.39, 0.29) is 5.75 Å². The number of carboxylic acids is 1. The van der Waals surface area contributed by atoms with Crippen molar-refractivity contribution in [2.24, 2.45) is 5.73 Å². The first-order valence-corrected chi connectivity index (χ1v) is 8.71. The smallest absolute Gasteiger partial charge is 0.325 e. The molecule has 0 aliphatic rings. The van der Waals surface area contributed by atoms with E-state index in [0.29, 0.717) is 6.42 Å². The Hall–Kier alpha value is -2.52. The first kappa shape index (κ1) is 19.8. The van der Waals surface area contributed by atoms with Gasteiger partial charge in [-0.15, -0.1) is 0 Å². The minimum Gasteiger partial charge on any atom is -0.480 e. The molecule has 3 atom stereocenters. The van der Waals surface area contributed by atoms with Crippen molar-refractivity contribution in [3.05, 3.63) is 36.0 Å². The van der Waals surface area contributed by atoms with Gasteiger partial charge in [-0.2, -0.15) is 12.6 Å². The zero-order chi connectivity index (χ0) is 19.3. The summed E-state index contributed by atoms with van der Waals surface area (Å²) in [6, 6.07) is 4.77. The maximum absolute atomic E-state index is 12.3. The number of carbonyl (C=O) groups excluding carboxylic acids is 2. The highest BCUT2D eigenvalue weighted by molar-refractivity contribution is 7.80. The molecule has 3 unspecified atom stereocenters. The lowest BCUT2D eigenvalue weighted by Crippen LogP contribution is -2.55. The van der Waals surface area contributed by atoms with Gasteiger partial charge in [-0.05, 0) is 25.0 Å². The molecular formula is C17H22N4O4S. The number of carbonyl (C=O) groups is 3. The Morgan fingerprint density at radius 1 is 1.23 bits per heavy atom. The Balaban J connectivity index is 1.98. The molecule has 0 aliphatic carbocycles. The molecular weight excluding hydrogens is 356 g/mol. The van der Waals surface area contributed by atoms with E-state index in [0.717, 1.165) is 16.5 Å². The summed E-state index contributed by atoms with van der Waals surface area (Å²) in [4.78, 5) is 38.3. The van der Waals surface area contributed by atoms with Crippen molar-refractivity contribution < 1.29 is 19.5 Å². The second-order valence-electron chi connectivity index (χ2n) is 5.98. The van der Waals surface area contributed by atoms with Crippen molar-refractivity contribution in [2.75, 3.05) is 5.75 Å². The molecule has 140 valence electrons. The molecule has 26 heavy (non-hydrogen) atoms. The number of rotatable bonds is 8. The van der Waals surface area contributed by atoms with Gasteiger partial charge in [-0.1, -0.05) is 18.2 Å². The lowest BCUT2D eigenvalue weighted by Gasteiger charge is -2.20. The number of benzene rings is 1. The van der Waals surface area contributed by atoms with E-state index in [1.807, 2.05) is 24.3 Å². The van der Waals surface area contributed by atoms with Crippen LogP contribution < -0.4 is 16.4 Å². The van der Waals surface area contributed by atoms with E-state index in [2.05, 4.69) is 28.2 Å². The zero-order valence-electron chi connectivity index (χ0n) is 14.2. The number of nitrogens with one attached hydrogen (secondary N) is 3. The van der Waals surface area contributed by atoms with E-state index in [1.165, 1.54) is 6.92 Å². The SMILES string of the molecule is CC(NC(=O)C(CS)NC(=O)C(N)Cc1c[nH]c2ccccc12)C(=O)O. The zero-order valence-corrected chi connectivity index (χ0v) is 15.1. The van der Waals surface area contributed by atoms with Crippen LogP contribution in [0.4, 0.5) is 0 Å². The lowest BCUT2D eigenvalue weighted by molar-refractivity contribution is -0.141. The molecule has 1 heterocycles. The van der Waals surface area contributed by atoms with Crippen molar-refractivity contribution >= 4 is 41.3 Å². The number of H-pyrrole nitrogens is 1. The number of amides is 2. The fourth-order valence-electron chi connectivity index (χ4n) is 2.48. The second kappa shape index (κ2) is 8.72. The minimum absolute atomic E-state index is 0.0176. The van der Waals surface area contributed by atoms with E-state index in [4.69, 9.17) is 10.8 Å². The third kappa shape index (κ3) is 4.77. The summed E-state index contributed by atoms with van der Waals surface area (Å²) in [6.45, 7) is 1.33. The van der Waals surface area contributed by atoms with Crippen molar-refractivity contribution in [2.45, 2.75) is 31.5 Å². The van der Waals surface area contributed by atoms with E-state index in [9.17, 15) is 14.4 Å². The first-order valence-electron chi connectivity index (χ1n) is 8.08. The van der Waals surface area contributed by atoms with Crippen LogP contribution in [-0.4, -0.2) is 51.8 Å². The summed E-state index contributed by atoms with van der Waals surface area (Å²) in [6.07, 6.45) is 2.09. The van der Waals surface area contributed by atoms with Gasteiger partial charge in [0.2, 0.25) is 11.8 Å². The number of hydrogen-bond donors (Lipinski definition) is 6. The van der Waals surface area contributed by atoms with Gasteiger partial charge < -0.3 is 26.5 Å². The van der Waals surface area contributed by atoms with Crippen molar-refractivity contribution in [3.8, 4) is 0 Å². The summed E-state index contributed by atoms with van der Waals surface area (Å²) >= 11 is 4.04. The number of aliphatic carboxylic acids is 1. The molecule has 2 amide bonds. The van der Waals surface area contributed by atoms with E-state index < -0.39 is 35.9 Å². The average molecular weight is 378 g/mol. The lowest BCUT2D eigenvalue weighted by atomic mass is 10.0. The number of para-hydroxylation sites is 1. The monoisotopic (exact) mass is 378 g/mol. The second-order valence-corrected chi connectivity index (χ2v) is 6.35. The Kier molecular flexibility index (Phi) is 6.64. The third-order valence-electron chi connectivity index (χ3n) is 4.00. The number of nitrogens with two attached hydrogens (primary N) is 1. The molecule has 0 fully saturated rings. The van der Waals surface area contributed by atoms with E-state index in [1.54, 1.807) is 6.20 Å². The molecule has 9 heteroatoms. The van der Waals surface area contributed by atoms with Crippen LogP contribution in [0.3, 0.4) is 0 Å². The predicted molar refractivity (Wildman–Crippen MR) is 101 cm³/mol. The van der Waals surface area contributed by atoms with Crippen LogP contribution in [0.1, 0.15) is 12.5 Å². The van der Waals surface area contributed by atoms with Crippen molar-refractivity contribution in [3.63, 3.8) is 0 Å². The highest BCUT2D eigenvalue weighted by atomic mass is 32.1. The van der Waals surface area contributed by atoms with Gasteiger partial charge in [-0.3, -0.25) is 14.4 Å². The fourth-order valence-corrected chi connectivity index (χ4v) is 2.74. The van der Waals surface area contributed by atoms with Crippen LogP contribution in [0.5, 0.6) is 0 Å². The van der Waals surface area contributed by atoms with E-state index >= 15 is 0 Å². The summed E-state index contributed by atoms with van der Waals surface area (Å²) in [7, 11) is 0. The van der Waals surface area contributed by atoms with Gasteiger partial charge in [0.05, 0.1) is 6.04 Å². The highest BCUT2D eigenvalue weighted by Gasteiger charge is 2.25. The van der Waals surface area contributed by atoms with Gasteiger partial charge in [-0.25, -0.2) is 0 Å². The molecule has 0 saturated carbocycles. The van der Waals surface area contributed by atoms with Gasteiger partial charge in [0, 0.05) is 22.9 Å². The molecule has 0 aliphatic heterocycles. The molecule has 2 aromatic rings. The van der Waals surface area contributed by atoms with Gasteiger partial charge in [0.1, 0.15) is 12.1 Å². The number of hydrogen-bond acceptors (Lipinski definition) is 5. The molecule has 0 spiro atoms. The van der Waals surface area contributed by atoms with Crippen LogP contribution in [0.2, 0.25) is 0 Å². The summed E-state index contributed by atoms with van der Waals surface area (Å²) in [5.74, 6) is -2.28. The number of fused-ring (bicyclic) bond motifs is 1. The van der Waals surface area contributed by atoms with Crippen LogP contribution >= 0.6 is 12.6 Å². The van der Waals surface area contributed by atoms with Crippen LogP contribution in [0, 0.1) is 0 Å². The predicted octanol–water partition coefficient (Wildman–Crippen LogP) is 0.0416. The van der Waals surface area contributed by atoms with Gasteiger partial charge in [0.25, 0.3) is 0 Å². The number of thiol groups is 1. The minimum atomic E-state index is -1.17. The molecule has 2 rings (SSSR count). The molecule has 0 saturated heterocycles. The maximum Gasteiger partial charge on any atom is 0.325 e. The summed E-state index contributed by atoms with van der Waals surface area (Å²) in [5.41, 5.74) is 7.82. The van der Waals surface area contributed by atoms with Crippen molar-refractivity contribution in [1.29, 1.82) is 0 Å². The largest absolute Gasteiger partial charge is 0.480 e. The van der Waals surface area contributed by atoms with Gasteiger partial charge in [0.15, 0.2) is 0 Å². The normalized spacial score (nSPS) is 14.4.